The van der Waals surface area contributed by atoms with Gasteiger partial charge in [-0.2, -0.15) is 13.2 Å². The molecule has 0 aromatic carbocycles. The second kappa shape index (κ2) is 5.51. The van der Waals surface area contributed by atoms with E-state index in [1.165, 1.54) is 19.3 Å². The molecule has 2 bridgehead atoms. The maximum atomic E-state index is 12.3. The van der Waals surface area contributed by atoms with E-state index in [2.05, 4.69) is 12.2 Å². The summed E-state index contributed by atoms with van der Waals surface area (Å²) in [5.74, 6) is 4.22. The van der Waals surface area contributed by atoms with Crippen molar-refractivity contribution in [2.24, 2.45) is 29.6 Å². The van der Waals surface area contributed by atoms with E-state index in [0.717, 1.165) is 36.6 Å². The molecule has 20 heavy (non-hydrogen) atoms. The Kier molecular flexibility index (Phi) is 4.04. The zero-order valence-electron chi connectivity index (χ0n) is 12.3. The molecule has 116 valence electrons. The molecule has 0 aliphatic heterocycles. The molecule has 1 N–H and O–H groups in total. The fourth-order valence-corrected chi connectivity index (χ4v) is 5.21. The number of alkyl halides is 3. The Labute approximate surface area is 119 Å². The SMILES string of the molecule is CCCNC(CCCC(F)(F)F)C1C2C3CCC(C3)C21. The van der Waals surface area contributed by atoms with Gasteiger partial charge < -0.3 is 5.32 Å². The standard InChI is InChI=1S/C16H26F3N/c1-2-8-20-12(4-3-7-16(17,18)19)15-13-10-5-6-11(9-10)14(13)15/h10-15,20H,2-9H2,1H3. The number of nitrogens with one attached hydrogen (secondary N) is 1. The Balaban J connectivity index is 1.52. The summed E-state index contributed by atoms with van der Waals surface area (Å²) in [5.41, 5.74) is 0. The van der Waals surface area contributed by atoms with Gasteiger partial charge in [-0.25, -0.2) is 0 Å². The van der Waals surface area contributed by atoms with Crippen LogP contribution in [0, 0.1) is 29.6 Å². The van der Waals surface area contributed by atoms with Gasteiger partial charge in [0.1, 0.15) is 0 Å². The van der Waals surface area contributed by atoms with Crippen LogP contribution in [0.25, 0.3) is 0 Å². The van der Waals surface area contributed by atoms with Crippen molar-refractivity contribution >= 4 is 0 Å². The normalized spacial score (nSPS) is 39.9. The van der Waals surface area contributed by atoms with Crippen molar-refractivity contribution in [2.45, 2.75) is 64.1 Å². The Bertz CT molecular complexity index is 325. The zero-order valence-corrected chi connectivity index (χ0v) is 12.3. The van der Waals surface area contributed by atoms with Gasteiger partial charge in [0.2, 0.25) is 0 Å². The average molecular weight is 289 g/mol. The second-order valence-corrected chi connectivity index (χ2v) is 7.13. The number of hydrogen-bond acceptors (Lipinski definition) is 1. The molecular formula is C16H26F3N. The van der Waals surface area contributed by atoms with Crippen molar-refractivity contribution in [3.8, 4) is 0 Å². The lowest BCUT2D eigenvalue weighted by molar-refractivity contribution is -0.135. The van der Waals surface area contributed by atoms with Gasteiger partial charge in [-0.1, -0.05) is 6.92 Å². The van der Waals surface area contributed by atoms with E-state index in [9.17, 15) is 13.2 Å². The monoisotopic (exact) mass is 289 g/mol. The van der Waals surface area contributed by atoms with Gasteiger partial charge >= 0.3 is 6.18 Å². The lowest BCUT2D eigenvalue weighted by Gasteiger charge is -2.22. The van der Waals surface area contributed by atoms with Crippen molar-refractivity contribution in [1.29, 1.82) is 0 Å². The Morgan fingerprint density at radius 3 is 2.35 bits per heavy atom. The van der Waals surface area contributed by atoms with Crippen molar-refractivity contribution in [3.63, 3.8) is 0 Å². The largest absolute Gasteiger partial charge is 0.389 e. The topological polar surface area (TPSA) is 12.0 Å². The van der Waals surface area contributed by atoms with Crippen LogP contribution in [0.2, 0.25) is 0 Å². The molecule has 0 heterocycles. The molecule has 3 saturated carbocycles. The lowest BCUT2D eigenvalue weighted by atomic mass is 9.94. The first-order chi connectivity index (χ1) is 9.51. The molecule has 0 saturated heterocycles. The molecule has 3 rings (SSSR count). The number of rotatable bonds is 7. The molecule has 5 atom stereocenters. The van der Waals surface area contributed by atoms with Crippen LogP contribution < -0.4 is 5.32 Å². The van der Waals surface area contributed by atoms with Gasteiger partial charge in [0.25, 0.3) is 0 Å². The van der Waals surface area contributed by atoms with Gasteiger partial charge in [0.15, 0.2) is 0 Å². The number of halogens is 3. The van der Waals surface area contributed by atoms with Crippen LogP contribution in [0.3, 0.4) is 0 Å². The predicted octanol–water partition coefficient (Wildman–Crippen LogP) is 4.38. The van der Waals surface area contributed by atoms with Gasteiger partial charge in [-0.15, -0.1) is 0 Å². The van der Waals surface area contributed by atoms with E-state index in [1.54, 1.807) is 0 Å². The Morgan fingerprint density at radius 1 is 1.15 bits per heavy atom. The highest BCUT2D eigenvalue weighted by Gasteiger charge is 2.66. The van der Waals surface area contributed by atoms with Crippen LogP contribution >= 0.6 is 0 Å². The zero-order chi connectivity index (χ0) is 14.3. The summed E-state index contributed by atoms with van der Waals surface area (Å²) < 4.78 is 37.0. The van der Waals surface area contributed by atoms with E-state index >= 15 is 0 Å². The van der Waals surface area contributed by atoms with Crippen molar-refractivity contribution in [3.05, 3.63) is 0 Å². The third kappa shape index (κ3) is 2.86. The Hall–Kier alpha value is -0.250. The quantitative estimate of drug-likeness (QED) is 0.733. The fraction of sp³-hybridized carbons (Fsp3) is 1.00. The smallest absolute Gasteiger partial charge is 0.314 e. The van der Waals surface area contributed by atoms with Crippen LogP contribution in [-0.2, 0) is 0 Å². The molecular weight excluding hydrogens is 263 g/mol. The number of hydrogen-bond donors (Lipinski definition) is 1. The molecule has 1 nitrogen and oxygen atoms in total. The van der Waals surface area contributed by atoms with E-state index in [4.69, 9.17) is 0 Å². The molecule has 0 aromatic rings. The summed E-state index contributed by atoms with van der Waals surface area (Å²) in [5, 5.41) is 3.55. The first-order valence-electron chi connectivity index (χ1n) is 8.31. The molecule has 4 heteroatoms. The molecule has 0 spiro atoms. The molecule has 5 unspecified atom stereocenters. The van der Waals surface area contributed by atoms with Crippen molar-refractivity contribution < 1.29 is 13.2 Å². The molecule has 3 fully saturated rings. The van der Waals surface area contributed by atoms with Gasteiger partial charge in [-0.3, -0.25) is 0 Å². The van der Waals surface area contributed by atoms with E-state index in [-0.39, 0.29) is 6.42 Å². The van der Waals surface area contributed by atoms with Gasteiger partial charge in [0.05, 0.1) is 0 Å². The fourth-order valence-electron chi connectivity index (χ4n) is 5.21. The summed E-state index contributed by atoms with van der Waals surface area (Å²) in [6.07, 6.45) is 1.61. The summed E-state index contributed by atoms with van der Waals surface area (Å²) >= 11 is 0. The van der Waals surface area contributed by atoms with Gasteiger partial charge in [0, 0.05) is 12.5 Å². The van der Waals surface area contributed by atoms with Crippen LogP contribution in [-0.4, -0.2) is 18.8 Å². The first-order valence-corrected chi connectivity index (χ1v) is 8.31. The first kappa shape index (κ1) is 14.7. The lowest BCUT2D eigenvalue weighted by Crippen LogP contribution is -2.34. The minimum atomic E-state index is -3.99. The van der Waals surface area contributed by atoms with Crippen LogP contribution in [0.5, 0.6) is 0 Å². The average Bonchev–Trinajstić information content (AvgIpc) is 2.80. The van der Waals surface area contributed by atoms with Crippen LogP contribution in [0.15, 0.2) is 0 Å². The molecule has 0 aromatic heterocycles. The third-order valence-electron chi connectivity index (χ3n) is 5.89. The summed E-state index contributed by atoms with van der Waals surface area (Å²) in [6.45, 7) is 3.07. The molecule has 3 aliphatic carbocycles. The maximum Gasteiger partial charge on any atom is 0.389 e. The molecule has 3 aliphatic rings. The second-order valence-electron chi connectivity index (χ2n) is 7.13. The predicted molar refractivity (Wildman–Crippen MR) is 73.3 cm³/mol. The highest BCUT2D eigenvalue weighted by atomic mass is 19.4. The number of fused-ring (bicyclic) bond motifs is 5. The molecule has 0 amide bonds. The minimum absolute atomic E-state index is 0.288. The van der Waals surface area contributed by atoms with Crippen molar-refractivity contribution in [2.75, 3.05) is 6.54 Å². The highest BCUT2D eigenvalue weighted by molar-refractivity contribution is 5.15. The van der Waals surface area contributed by atoms with E-state index < -0.39 is 12.6 Å². The van der Waals surface area contributed by atoms with Crippen LogP contribution in [0.4, 0.5) is 13.2 Å². The van der Waals surface area contributed by atoms with E-state index in [1.807, 2.05) is 0 Å². The summed E-state index contributed by atoms with van der Waals surface area (Å²) in [4.78, 5) is 0. The van der Waals surface area contributed by atoms with Crippen LogP contribution in [0.1, 0.15) is 51.9 Å². The summed E-state index contributed by atoms with van der Waals surface area (Å²) in [7, 11) is 0. The van der Waals surface area contributed by atoms with Crippen molar-refractivity contribution in [1.82, 2.24) is 5.32 Å². The third-order valence-corrected chi connectivity index (χ3v) is 5.89. The highest BCUT2D eigenvalue weighted by Crippen LogP contribution is 2.70. The van der Waals surface area contributed by atoms with Gasteiger partial charge in [-0.05, 0) is 74.7 Å². The minimum Gasteiger partial charge on any atom is -0.314 e. The van der Waals surface area contributed by atoms with E-state index in [0.29, 0.717) is 18.4 Å². The maximum absolute atomic E-state index is 12.3. The Morgan fingerprint density at radius 2 is 1.80 bits per heavy atom. The summed E-state index contributed by atoms with van der Waals surface area (Å²) in [6, 6.07) is 0.343. The molecule has 0 radical (unpaired) electrons.